The average molecular weight is 279 g/mol. The second-order valence-electron chi connectivity index (χ2n) is 4.27. The van der Waals surface area contributed by atoms with Gasteiger partial charge in [0.25, 0.3) is 5.91 Å². The summed E-state index contributed by atoms with van der Waals surface area (Å²) in [4.78, 5) is 11.7. The van der Waals surface area contributed by atoms with Gasteiger partial charge in [-0.05, 0) is 31.0 Å². The van der Waals surface area contributed by atoms with Crippen molar-refractivity contribution in [1.82, 2.24) is 5.32 Å². The lowest BCUT2D eigenvalue weighted by molar-refractivity contribution is -0.163. The predicted molar refractivity (Wildman–Crippen MR) is 61.4 cm³/mol. The zero-order chi connectivity index (χ0) is 13.6. The zero-order valence-electron chi connectivity index (χ0n) is 9.14. The van der Waals surface area contributed by atoms with Crippen molar-refractivity contribution in [3.05, 3.63) is 28.8 Å². The van der Waals surface area contributed by atoms with Gasteiger partial charge in [-0.25, -0.2) is 0 Å². The Morgan fingerprint density at radius 3 is 2.44 bits per heavy atom. The fourth-order valence-corrected chi connectivity index (χ4v) is 1.70. The number of carbonyl (C=O) groups excluding carboxylic acids is 1. The third-order valence-corrected chi connectivity index (χ3v) is 3.25. The summed E-state index contributed by atoms with van der Waals surface area (Å²) < 4.78 is 38.0. The maximum atomic E-state index is 12.7. The zero-order valence-corrected chi connectivity index (χ0v) is 9.90. The molecule has 1 aliphatic carbocycles. The first kappa shape index (κ1) is 13.0. The highest BCUT2D eigenvalue weighted by Crippen LogP contribution is 2.49. The van der Waals surface area contributed by atoms with Gasteiger partial charge < -0.3 is 11.1 Å². The molecular formula is C11H10ClF3N2O. The first-order chi connectivity index (χ1) is 8.25. The highest BCUT2D eigenvalue weighted by molar-refractivity contribution is 6.33. The summed E-state index contributed by atoms with van der Waals surface area (Å²) in [7, 11) is 0. The number of amides is 1. The van der Waals surface area contributed by atoms with Gasteiger partial charge in [0.15, 0.2) is 0 Å². The van der Waals surface area contributed by atoms with Crippen LogP contribution in [0.5, 0.6) is 0 Å². The van der Waals surface area contributed by atoms with E-state index in [0.29, 0.717) is 0 Å². The second kappa shape index (κ2) is 4.05. The van der Waals surface area contributed by atoms with Crippen LogP contribution in [0.25, 0.3) is 0 Å². The minimum absolute atomic E-state index is 0.0624. The number of alkyl halides is 3. The van der Waals surface area contributed by atoms with Gasteiger partial charge in [-0.15, -0.1) is 0 Å². The average Bonchev–Trinajstić information content (AvgIpc) is 3.02. The first-order valence-corrected chi connectivity index (χ1v) is 5.57. The monoisotopic (exact) mass is 278 g/mol. The highest BCUT2D eigenvalue weighted by atomic mass is 35.5. The Bertz CT molecular complexity index is 498. The number of nitrogens with two attached hydrogens (primary N) is 1. The van der Waals surface area contributed by atoms with Crippen molar-refractivity contribution in [2.45, 2.75) is 24.6 Å². The highest BCUT2D eigenvalue weighted by Gasteiger charge is 2.64. The van der Waals surface area contributed by atoms with Crippen LogP contribution in [0.15, 0.2) is 18.2 Å². The Balaban J connectivity index is 2.16. The minimum Gasteiger partial charge on any atom is -0.398 e. The summed E-state index contributed by atoms with van der Waals surface area (Å²) in [6.07, 6.45) is -4.61. The van der Waals surface area contributed by atoms with Gasteiger partial charge in [0, 0.05) is 5.56 Å². The first-order valence-electron chi connectivity index (χ1n) is 5.19. The molecule has 3 N–H and O–H groups in total. The van der Waals surface area contributed by atoms with Gasteiger partial charge in [0.2, 0.25) is 0 Å². The van der Waals surface area contributed by atoms with Crippen molar-refractivity contribution in [2.75, 3.05) is 5.73 Å². The molecule has 3 nitrogen and oxygen atoms in total. The number of carbonyl (C=O) groups is 1. The summed E-state index contributed by atoms with van der Waals surface area (Å²) in [5.74, 6) is -0.798. The maximum absolute atomic E-state index is 12.7. The van der Waals surface area contributed by atoms with Gasteiger partial charge in [0.05, 0.1) is 10.7 Å². The van der Waals surface area contributed by atoms with Crippen molar-refractivity contribution >= 4 is 23.2 Å². The molecule has 1 aliphatic rings. The van der Waals surface area contributed by atoms with Crippen LogP contribution in [0, 0.1) is 0 Å². The van der Waals surface area contributed by atoms with Crippen molar-refractivity contribution in [2.24, 2.45) is 0 Å². The van der Waals surface area contributed by atoms with Gasteiger partial charge in [-0.3, -0.25) is 4.79 Å². The van der Waals surface area contributed by atoms with Crippen LogP contribution in [-0.4, -0.2) is 17.6 Å². The smallest absolute Gasteiger partial charge is 0.398 e. The minimum atomic E-state index is -4.43. The van der Waals surface area contributed by atoms with E-state index in [1.165, 1.54) is 18.2 Å². The normalized spacial score (nSPS) is 17.3. The molecule has 0 unspecified atom stereocenters. The van der Waals surface area contributed by atoms with Gasteiger partial charge >= 0.3 is 6.18 Å². The van der Waals surface area contributed by atoms with Crippen molar-refractivity contribution in [3.63, 3.8) is 0 Å². The SMILES string of the molecule is Nc1cc(C(=O)NC2(C(F)(F)F)CC2)ccc1Cl. The summed E-state index contributed by atoms with van der Waals surface area (Å²) >= 11 is 5.67. The van der Waals surface area contributed by atoms with Crippen LogP contribution in [0.3, 0.4) is 0 Å². The molecule has 1 saturated carbocycles. The fraction of sp³-hybridized carbons (Fsp3) is 0.364. The molecule has 0 heterocycles. The standard InChI is InChI=1S/C11H10ClF3N2O/c12-7-2-1-6(5-8(7)16)9(18)17-10(3-4-10)11(13,14)15/h1-2,5H,3-4,16H2,(H,17,18). The number of hydrogen-bond acceptors (Lipinski definition) is 2. The molecule has 98 valence electrons. The summed E-state index contributed by atoms with van der Waals surface area (Å²) in [6, 6.07) is 3.96. The molecular weight excluding hydrogens is 269 g/mol. The van der Waals surface area contributed by atoms with Crippen LogP contribution in [0.1, 0.15) is 23.2 Å². The largest absolute Gasteiger partial charge is 0.411 e. The Morgan fingerprint density at radius 2 is 2.00 bits per heavy atom. The number of hydrogen-bond donors (Lipinski definition) is 2. The summed E-state index contributed by atoms with van der Waals surface area (Å²) in [6.45, 7) is 0. The quantitative estimate of drug-likeness (QED) is 0.817. The van der Waals surface area contributed by atoms with E-state index < -0.39 is 17.6 Å². The number of nitrogens with one attached hydrogen (secondary N) is 1. The lowest BCUT2D eigenvalue weighted by Gasteiger charge is -2.20. The van der Waals surface area contributed by atoms with Crippen LogP contribution in [0.2, 0.25) is 5.02 Å². The number of anilines is 1. The van der Waals surface area contributed by atoms with E-state index in [1.807, 2.05) is 5.32 Å². The van der Waals surface area contributed by atoms with Gasteiger partial charge in [0.1, 0.15) is 5.54 Å². The van der Waals surface area contributed by atoms with Crippen LogP contribution in [-0.2, 0) is 0 Å². The molecule has 1 amide bonds. The molecule has 0 spiro atoms. The lowest BCUT2D eigenvalue weighted by atomic mass is 10.1. The molecule has 7 heteroatoms. The fourth-order valence-electron chi connectivity index (χ4n) is 1.58. The Kier molecular flexibility index (Phi) is 2.93. The number of nitrogen functional groups attached to an aromatic ring is 1. The Labute approximate surface area is 106 Å². The molecule has 1 aromatic carbocycles. The molecule has 1 fully saturated rings. The van der Waals surface area contributed by atoms with E-state index in [4.69, 9.17) is 17.3 Å². The van der Waals surface area contributed by atoms with Crippen molar-refractivity contribution in [3.8, 4) is 0 Å². The van der Waals surface area contributed by atoms with Crippen LogP contribution < -0.4 is 11.1 Å². The van der Waals surface area contributed by atoms with Crippen LogP contribution >= 0.6 is 11.6 Å². The molecule has 0 radical (unpaired) electrons. The number of rotatable bonds is 2. The number of halogens is 4. The van der Waals surface area contributed by atoms with Crippen LogP contribution in [0.4, 0.5) is 18.9 Å². The molecule has 0 saturated heterocycles. The van der Waals surface area contributed by atoms with Gasteiger partial charge in [-0.2, -0.15) is 13.2 Å². The Hall–Kier alpha value is -1.43. The van der Waals surface area contributed by atoms with E-state index in [-0.39, 0.29) is 29.1 Å². The second-order valence-corrected chi connectivity index (χ2v) is 4.68. The molecule has 18 heavy (non-hydrogen) atoms. The predicted octanol–water partition coefficient (Wildman–Crippen LogP) is 2.75. The molecule has 0 atom stereocenters. The maximum Gasteiger partial charge on any atom is 0.411 e. The van der Waals surface area contributed by atoms with E-state index in [1.54, 1.807) is 0 Å². The lowest BCUT2D eigenvalue weighted by Crippen LogP contribution is -2.47. The third-order valence-electron chi connectivity index (χ3n) is 2.90. The van der Waals surface area contributed by atoms with Crippen molar-refractivity contribution in [1.29, 1.82) is 0 Å². The van der Waals surface area contributed by atoms with E-state index in [0.717, 1.165) is 0 Å². The Morgan fingerprint density at radius 1 is 1.39 bits per heavy atom. The summed E-state index contributed by atoms with van der Waals surface area (Å²) in [5.41, 5.74) is 3.63. The van der Waals surface area contributed by atoms with Gasteiger partial charge in [-0.1, -0.05) is 11.6 Å². The molecule has 1 aromatic rings. The molecule has 2 rings (SSSR count). The molecule has 0 bridgehead atoms. The summed E-state index contributed by atoms with van der Waals surface area (Å²) in [5, 5.41) is 2.26. The van der Waals surface area contributed by atoms with Crippen molar-refractivity contribution < 1.29 is 18.0 Å². The van der Waals surface area contributed by atoms with E-state index in [9.17, 15) is 18.0 Å². The third kappa shape index (κ3) is 2.25. The van der Waals surface area contributed by atoms with E-state index >= 15 is 0 Å². The molecule has 0 aliphatic heterocycles. The molecule has 0 aromatic heterocycles. The number of benzene rings is 1. The topological polar surface area (TPSA) is 55.1 Å². The van der Waals surface area contributed by atoms with E-state index in [2.05, 4.69) is 0 Å².